The van der Waals surface area contributed by atoms with E-state index in [1.807, 2.05) is 13.0 Å². The van der Waals surface area contributed by atoms with Gasteiger partial charge in [0.25, 0.3) is 11.8 Å². The standard InChI is InChI=1S/C18H20N2O4/c1-3-24-16-9-7-14(8-10-16)17(21)19-20-18(22)15-6-4-5-13(11-15)12-23-2/h4-11H,3,12H2,1-2H3,(H,19,21)(H,20,22). The Morgan fingerprint density at radius 1 is 0.958 bits per heavy atom. The summed E-state index contributed by atoms with van der Waals surface area (Å²) in [4.78, 5) is 24.1. The number of hydrogen-bond acceptors (Lipinski definition) is 4. The molecule has 2 aromatic rings. The number of hydrazine groups is 1. The van der Waals surface area contributed by atoms with Crippen molar-refractivity contribution in [3.05, 3.63) is 65.2 Å². The smallest absolute Gasteiger partial charge is 0.269 e. The minimum atomic E-state index is -0.403. The second-order valence-corrected chi connectivity index (χ2v) is 5.00. The van der Waals surface area contributed by atoms with Crippen molar-refractivity contribution in [2.45, 2.75) is 13.5 Å². The molecule has 0 heterocycles. The number of carbonyl (C=O) groups is 2. The quantitative estimate of drug-likeness (QED) is 0.798. The van der Waals surface area contributed by atoms with Gasteiger partial charge < -0.3 is 9.47 Å². The molecule has 126 valence electrons. The molecule has 0 radical (unpaired) electrons. The van der Waals surface area contributed by atoms with Gasteiger partial charge in [-0.2, -0.15) is 0 Å². The maximum absolute atomic E-state index is 12.1. The molecule has 0 atom stereocenters. The van der Waals surface area contributed by atoms with Gasteiger partial charge in [-0.25, -0.2) is 0 Å². The van der Waals surface area contributed by atoms with E-state index in [4.69, 9.17) is 9.47 Å². The summed E-state index contributed by atoms with van der Waals surface area (Å²) >= 11 is 0. The minimum absolute atomic E-state index is 0.396. The van der Waals surface area contributed by atoms with Crippen molar-refractivity contribution in [2.24, 2.45) is 0 Å². The molecule has 0 spiro atoms. The summed E-state index contributed by atoms with van der Waals surface area (Å²) in [7, 11) is 1.59. The SMILES string of the molecule is CCOc1ccc(C(=O)NNC(=O)c2cccc(COC)c2)cc1. The number of benzene rings is 2. The zero-order chi connectivity index (χ0) is 17.4. The summed E-state index contributed by atoms with van der Waals surface area (Å²) in [6.45, 7) is 2.86. The average molecular weight is 328 g/mol. The summed E-state index contributed by atoms with van der Waals surface area (Å²) in [6.07, 6.45) is 0. The lowest BCUT2D eigenvalue weighted by Crippen LogP contribution is -2.41. The number of carbonyl (C=O) groups excluding carboxylic acids is 2. The van der Waals surface area contributed by atoms with E-state index in [0.717, 1.165) is 5.56 Å². The van der Waals surface area contributed by atoms with Crippen LogP contribution in [-0.2, 0) is 11.3 Å². The maximum atomic E-state index is 12.1. The van der Waals surface area contributed by atoms with Crippen LogP contribution in [0, 0.1) is 0 Å². The third-order valence-corrected chi connectivity index (χ3v) is 3.22. The summed E-state index contributed by atoms with van der Waals surface area (Å²) in [6, 6.07) is 13.7. The van der Waals surface area contributed by atoms with Crippen molar-refractivity contribution >= 4 is 11.8 Å². The lowest BCUT2D eigenvalue weighted by atomic mass is 10.1. The van der Waals surface area contributed by atoms with E-state index in [0.29, 0.717) is 30.1 Å². The van der Waals surface area contributed by atoms with Gasteiger partial charge in [-0.05, 0) is 48.9 Å². The van der Waals surface area contributed by atoms with Gasteiger partial charge in [0.15, 0.2) is 0 Å². The molecule has 6 nitrogen and oxygen atoms in total. The molecule has 0 aromatic heterocycles. The fourth-order valence-corrected chi connectivity index (χ4v) is 2.10. The monoisotopic (exact) mass is 328 g/mol. The highest BCUT2D eigenvalue weighted by Crippen LogP contribution is 2.12. The predicted molar refractivity (Wildman–Crippen MR) is 89.7 cm³/mol. The lowest BCUT2D eigenvalue weighted by molar-refractivity contribution is 0.0846. The van der Waals surface area contributed by atoms with E-state index >= 15 is 0 Å². The first-order chi connectivity index (χ1) is 11.6. The molecule has 0 fully saturated rings. The molecule has 0 saturated carbocycles. The first-order valence-corrected chi connectivity index (χ1v) is 7.55. The van der Waals surface area contributed by atoms with Crippen LogP contribution in [0.1, 0.15) is 33.2 Å². The molecule has 2 rings (SSSR count). The molecule has 2 aromatic carbocycles. The molecule has 24 heavy (non-hydrogen) atoms. The van der Waals surface area contributed by atoms with Gasteiger partial charge in [0.2, 0.25) is 0 Å². The van der Waals surface area contributed by atoms with Gasteiger partial charge in [0, 0.05) is 18.2 Å². The first-order valence-electron chi connectivity index (χ1n) is 7.55. The van der Waals surface area contributed by atoms with Crippen molar-refractivity contribution in [1.82, 2.24) is 10.9 Å². The van der Waals surface area contributed by atoms with Crippen LogP contribution in [0.5, 0.6) is 5.75 Å². The second kappa shape index (κ2) is 8.69. The topological polar surface area (TPSA) is 76.7 Å². The minimum Gasteiger partial charge on any atom is -0.494 e. The zero-order valence-corrected chi connectivity index (χ0v) is 13.7. The number of methoxy groups -OCH3 is 1. The Balaban J connectivity index is 1.93. The molecule has 0 aliphatic carbocycles. The molecular weight excluding hydrogens is 308 g/mol. The van der Waals surface area contributed by atoms with E-state index in [-0.39, 0.29) is 0 Å². The van der Waals surface area contributed by atoms with E-state index in [1.165, 1.54) is 0 Å². The maximum Gasteiger partial charge on any atom is 0.269 e. The molecule has 0 aliphatic heterocycles. The van der Waals surface area contributed by atoms with Crippen LogP contribution in [0.2, 0.25) is 0 Å². The van der Waals surface area contributed by atoms with Crippen molar-refractivity contribution < 1.29 is 19.1 Å². The molecule has 2 amide bonds. The highest BCUT2D eigenvalue weighted by atomic mass is 16.5. The summed E-state index contributed by atoms with van der Waals surface area (Å²) < 4.78 is 10.3. The fraction of sp³-hybridized carbons (Fsp3) is 0.222. The number of ether oxygens (including phenoxy) is 2. The van der Waals surface area contributed by atoms with Crippen molar-refractivity contribution in [3.8, 4) is 5.75 Å². The highest BCUT2D eigenvalue weighted by molar-refractivity contribution is 5.99. The zero-order valence-electron chi connectivity index (χ0n) is 13.7. The van der Waals surface area contributed by atoms with Crippen molar-refractivity contribution in [1.29, 1.82) is 0 Å². The second-order valence-electron chi connectivity index (χ2n) is 5.00. The van der Waals surface area contributed by atoms with Crippen molar-refractivity contribution in [2.75, 3.05) is 13.7 Å². The van der Waals surface area contributed by atoms with E-state index in [1.54, 1.807) is 49.6 Å². The first kappa shape index (κ1) is 17.5. The average Bonchev–Trinajstić information content (AvgIpc) is 2.61. The van der Waals surface area contributed by atoms with E-state index in [2.05, 4.69) is 10.9 Å². The summed E-state index contributed by atoms with van der Waals surface area (Å²) in [5.41, 5.74) is 6.53. The van der Waals surface area contributed by atoms with Crippen molar-refractivity contribution in [3.63, 3.8) is 0 Å². The van der Waals surface area contributed by atoms with Crippen LogP contribution in [0.25, 0.3) is 0 Å². The van der Waals surface area contributed by atoms with Crippen LogP contribution >= 0.6 is 0 Å². The summed E-state index contributed by atoms with van der Waals surface area (Å²) in [5, 5.41) is 0. The molecule has 0 unspecified atom stereocenters. The van der Waals surface area contributed by atoms with Gasteiger partial charge in [-0.3, -0.25) is 20.4 Å². The Morgan fingerprint density at radius 2 is 1.62 bits per heavy atom. The third-order valence-electron chi connectivity index (χ3n) is 3.22. The highest BCUT2D eigenvalue weighted by Gasteiger charge is 2.09. The largest absolute Gasteiger partial charge is 0.494 e. The number of amides is 2. The number of nitrogens with one attached hydrogen (secondary N) is 2. The normalized spacial score (nSPS) is 10.1. The molecular formula is C18H20N2O4. The van der Waals surface area contributed by atoms with Crippen LogP contribution in [-0.4, -0.2) is 25.5 Å². The number of rotatable bonds is 6. The molecule has 0 saturated heterocycles. The third kappa shape index (κ3) is 4.82. The van der Waals surface area contributed by atoms with Gasteiger partial charge in [0.1, 0.15) is 5.75 Å². The Kier molecular flexibility index (Phi) is 6.33. The van der Waals surface area contributed by atoms with E-state index in [9.17, 15) is 9.59 Å². The number of hydrogen-bond donors (Lipinski definition) is 2. The molecule has 2 N–H and O–H groups in total. The van der Waals surface area contributed by atoms with Crippen LogP contribution in [0.4, 0.5) is 0 Å². The predicted octanol–water partition coefficient (Wildman–Crippen LogP) is 2.31. The van der Waals surface area contributed by atoms with Gasteiger partial charge in [-0.15, -0.1) is 0 Å². The Labute approximate surface area is 140 Å². The van der Waals surface area contributed by atoms with Gasteiger partial charge >= 0.3 is 0 Å². The Hall–Kier alpha value is -2.86. The van der Waals surface area contributed by atoms with Crippen LogP contribution in [0.3, 0.4) is 0 Å². The van der Waals surface area contributed by atoms with Gasteiger partial charge in [0.05, 0.1) is 13.2 Å². The van der Waals surface area contributed by atoms with Crippen LogP contribution < -0.4 is 15.6 Å². The Morgan fingerprint density at radius 3 is 2.25 bits per heavy atom. The molecule has 0 bridgehead atoms. The lowest BCUT2D eigenvalue weighted by Gasteiger charge is -2.09. The van der Waals surface area contributed by atoms with E-state index < -0.39 is 11.8 Å². The molecule has 0 aliphatic rings. The fourth-order valence-electron chi connectivity index (χ4n) is 2.10. The van der Waals surface area contributed by atoms with Gasteiger partial charge in [-0.1, -0.05) is 12.1 Å². The van der Waals surface area contributed by atoms with Crippen LogP contribution in [0.15, 0.2) is 48.5 Å². The molecule has 6 heteroatoms. The Bertz CT molecular complexity index is 698. The summed E-state index contributed by atoms with van der Waals surface area (Å²) in [5.74, 6) is -0.111.